The molecule has 0 aromatic heterocycles. The molecular formula is C18H18FIN4O2S. The van der Waals surface area contributed by atoms with Crippen LogP contribution < -0.4 is 15.5 Å². The number of carbonyl (C=O) groups excluding carboxylic acids is 1. The largest absolute Gasteiger partial charge is 0.351 e. The molecule has 0 atom stereocenters. The molecule has 1 amide bonds. The van der Waals surface area contributed by atoms with E-state index in [2.05, 4.69) is 38.1 Å². The molecule has 2 aliphatic heterocycles. The Morgan fingerprint density at radius 3 is 3.04 bits per heavy atom. The molecule has 4 rings (SSSR count). The maximum atomic E-state index is 15.1. The van der Waals surface area contributed by atoms with Gasteiger partial charge in [0.2, 0.25) is 5.95 Å². The Balaban J connectivity index is 1.60. The summed E-state index contributed by atoms with van der Waals surface area (Å²) in [5, 5.41) is 3.09. The summed E-state index contributed by atoms with van der Waals surface area (Å²) in [6.45, 7) is 2.42. The fourth-order valence-corrected chi connectivity index (χ4v) is 4.01. The van der Waals surface area contributed by atoms with Crippen LogP contribution in [-0.2, 0) is 9.63 Å². The Hall–Kier alpha value is -1.72. The van der Waals surface area contributed by atoms with Gasteiger partial charge in [0.25, 0.3) is 5.91 Å². The summed E-state index contributed by atoms with van der Waals surface area (Å²) in [7, 11) is 0. The SMILES string of the molecule is Cc1cc(I)ccc1NC1=C(F)N2SNC=C2C=C1C(=O)NOCC1CC1. The summed E-state index contributed by atoms with van der Waals surface area (Å²) in [5.74, 6) is -0.503. The van der Waals surface area contributed by atoms with E-state index in [9.17, 15) is 4.79 Å². The Kier molecular flexibility index (Phi) is 5.33. The van der Waals surface area contributed by atoms with E-state index < -0.39 is 11.9 Å². The van der Waals surface area contributed by atoms with Crippen molar-refractivity contribution in [2.24, 2.45) is 5.92 Å². The molecule has 1 aliphatic carbocycles. The zero-order chi connectivity index (χ0) is 19.0. The first-order valence-electron chi connectivity index (χ1n) is 8.53. The first-order chi connectivity index (χ1) is 13.0. The van der Waals surface area contributed by atoms with Crippen molar-refractivity contribution in [3.8, 4) is 0 Å². The molecule has 0 spiro atoms. The van der Waals surface area contributed by atoms with Crippen molar-refractivity contribution in [1.29, 1.82) is 0 Å². The van der Waals surface area contributed by atoms with Crippen molar-refractivity contribution in [2.75, 3.05) is 11.9 Å². The van der Waals surface area contributed by atoms with Gasteiger partial charge in [-0.1, -0.05) is 0 Å². The highest BCUT2D eigenvalue weighted by atomic mass is 127. The third-order valence-corrected chi connectivity index (χ3v) is 5.85. The summed E-state index contributed by atoms with van der Waals surface area (Å²) in [4.78, 5) is 17.9. The number of carbonyl (C=O) groups is 1. The van der Waals surface area contributed by atoms with E-state index in [0.29, 0.717) is 18.2 Å². The van der Waals surface area contributed by atoms with Crippen molar-refractivity contribution in [3.63, 3.8) is 0 Å². The Bertz CT molecular complexity index is 882. The monoisotopic (exact) mass is 500 g/mol. The number of nitrogens with one attached hydrogen (secondary N) is 3. The normalized spacial score (nSPS) is 18.6. The predicted octanol–water partition coefficient (Wildman–Crippen LogP) is 3.86. The zero-order valence-electron chi connectivity index (χ0n) is 14.5. The number of benzene rings is 1. The number of hydroxylamine groups is 1. The van der Waals surface area contributed by atoms with Crippen LogP contribution in [0, 0.1) is 16.4 Å². The predicted molar refractivity (Wildman–Crippen MR) is 111 cm³/mol. The van der Waals surface area contributed by atoms with E-state index in [0.717, 1.165) is 39.8 Å². The molecule has 1 fully saturated rings. The zero-order valence-corrected chi connectivity index (χ0v) is 17.5. The lowest BCUT2D eigenvalue weighted by molar-refractivity contribution is -0.129. The van der Waals surface area contributed by atoms with Crippen LogP contribution in [0.2, 0.25) is 0 Å². The second-order valence-electron chi connectivity index (χ2n) is 6.57. The molecule has 1 aromatic carbocycles. The average Bonchev–Trinajstić information content (AvgIpc) is 3.33. The number of aryl methyl sites for hydroxylation is 1. The molecule has 1 saturated carbocycles. The smallest absolute Gasteiger partial charge is 0.277 e. The summed E-state index contributed by atoms with van der Waals surface area (Å²) < 4.78 is 20.5. The molecule has 6 nitrogen and oxygen atoms in total. The fourth-order valence-electron chi connectivity index (χ4n) is 2.70. The van der Waals surface area contributed by atoms with Crippen LogP contribution in [-0.4, -0.2) is 16.8 Å². The fraction of sp³-hybridized carbons (Fsp3) is 0.278. The Morgan fingerprint density at radius 1 is 1.48 bits per heavy atom. The van der Waals surface area contributed by atoms with Gasteiger partial charge in [-0.25, -0.2) is 9.79 Å². The van der Waals surface area contributed by atoms with Gasteiger partial charge in [-0.2, -0.15) is 4.39 Å². The third-order valence-electron chi connectivity index (χ3n) is 4.41. The van der Waals surface area contributed by atoms with Crippen molar-refractivity contribution in [3.05, 3.63) is 62.5 Å². The van der Waals surface area contributed by atoms with Crippen LogP contribution in [0.1, 0.15) is 18.4 Å². The molecule has 0 unspecified atom stereocenters. The van der Waals surface area contributed by atoms with E-state index in [-0.39, 0.29) is 11.3 Å². The lowest BCUT2D eigenvalue weighted by Crippen LogP contribution is -2.31. The highest BCUT2D eigenvalue weighted by Crippen LogP contribution is 2.38. The number of hydrogen-bond acceptors (Lipinski definition) is 6. The Morgan fingerprint density at radius 2 is 2.30 bits per heavy atom. The molecular weight excluding hydrogens is 482 g/mol. The molecule has 0 bridgehead atoms. The first-order valence-corrected chi connectivity index (χ1v) is 10.4. The van der Waals surface area contributed by atoms with Gasteiger partial charge in [-0.05, 0) is 78.1 Å². The van der Waals surface area contributed by atoms with Gasteiger partial charge in [0, 0.05) is 15.5 Å². The number of nitrogens with zero attached hydrogens (tertiary/aromatic N) is 1. The van der Waals surface area contributed by atoms with Gasteiger partial charge in [-0.15, -0.1) is 0 Å². The first kappa shape index (κ1) is 18.6. The maximum Gasteiger partial charge on any atom is 0.277 e. The van der Waals surface area contributed by atoms with Crippen molar-refractivity contribution >= 4 is 46.3 Å². The minimum atomic E-state index is -0.538. The topological polar surface area (TPSA) is 65.6 Å². The van der Waals surface area contributed by atoms with Crippen LogP contribution in [0.4, 0.5) is 10.1 Å². The second-order valence-corrected chi connectivity index (χ2v) is 8.60. The number of allylic oxidation sites excluding steroid dienone is 1. The molecule has 3 N–H and O–H groups in total. The lowest BCUT2D eigenvalue weighted by Gasteiger charge is -2.26. The quantitative estimate of drug-likeness (QED) is 0.239. The third kappa shape index (κ3) is 4.09. The van der Waals surface area contributed by atoms with Crippen molar-refractivity contribution in [2.45, 2.75) is 19.8 Å². The number of rotatable bonds is 6. The van der Waals surface area contributed by atoms with Crippen LogP contribution in [0.5, 0.6) is 0 Å². The standard InChI is InChI=1S/C18H18FIN4O2S/c1-10-6-12(20)4-5-15(10)22-16-14(18(25)23-26-9-11-2-3-11)7-13-8-21-27-24(13)17(16)19/h4-8,11,21-22H,2-3,9H2,1H3,(H,23,25). The molecule has 1 aromatic rings. The minimum Gasteiger partial charge on any atom is -0.351 e. The van der Waals surface area contributed by atoms with Crippen LogP contribution in [0.3, 0.4) is 0 Å². The molecule has 3 aliphatic rings. The number of anilines is 1. The Labute approximate surface area is 174 Å². The lowest BCUT2D eigenvalue weighted by atomic mass is 10.1. The van der Waals surface area contributed by atoms with E-state index >= 15 is 4.39 Å². The summed E-state index contributed by atoms with van der Waals surface area (Å²) in [6.07, 6.45) is 5.53. The summed E-state index contributed by atoms with van der Waals surface area (Å²) in [5.41, 5.74) is 5.00. The van der Waals surface area contributed by atoms with Gasteiger partial charge >= 0.3 is 0 Å². The number of hydrogen-bond donors (Lipinski definition) is 3. The number of fused-ring (bicyclic) bond motifs is 1. The van der Waals surface area contributed by atoms with E-state index in [4.69, 9.17) is 4.84 Å². The maximum absolute atomic E-state index is 15.1. The molecule has 2 heterocycles. The molecule has 142 valence electrons. The van der Waals surface area contributed by atoms with Gasteiger partial charge in [0.05, 0.1) is 30.0 Å². The highest BCUT2D eigenvalue weighted by Gasteiger charge is 2.33. The van der Waals surface area contributed by atoms with Crippen molar-refractivity contribution < 1.29 is 14.0 Å². The molecule has 0 saturated heterocycles. The highest BCUT2D eigenvalue weighted by molar-refractivity contribution is 14.1. The minimum absolute atomic E-state index is 0.111. The molecule has 27 heavy (non-hydrogen) atoms. The molecule has 9 heteroatoms. The van der Waals surface area contributed by atoms with Crippen molar-refractivity contribution in [1.82, 2.24) is 14.5 Å². The van der Waals surface area contributed by atoms with Gasteiger partial charge in [0.1, 0.15) is 5.70 Å². The molecule has 0 radical (unpaired) electrons. The summed E-state index contributed by atoms with van der Waals surface area (Å²) >= 11 is 3.33. The van der Waals surface area contributed by atoms with E-state index in [1.54, 1.807) is 12.3 Å². The van der Waals surface area contributed by atoms with E-state index in [1.807, 2.05) is 25.1 Å². The van der Waals surface area contributed by atoms with Gasteiger partial charge < -0.3 is 10.0 Å². The average molecular weight is 500 g/mol. The summed E-state index contributed by atoms with van der Waals surface area (Å²) in [6, 6.07) is 5.79. The van der Waals surface area contributed by atoms with Crippen LogP contribution in [0.25, 0.3) is 0 Å². The van der Waals surface area contributed by atoms with Crippen LogP contribution >= 0.6 is 34.7 Å². The second kappa shape index (κ2) is 7.72. The van der Waals surface area contributed by atoms with E-state index in [1.165, 1.54) is 4.31 Å². The number of halogens is 2. The van der Waals surface area contributed by atoms with Gasteiger partial charge in [-0.3, -0.25) is 9.63 Å². The van der Waals surface area contributed by atoms with Crippen LogP contribution in [0.15, 0.2) is 53.4 Å². The van der Waals surface area contributed by atoms with Gasteiger partial charge in [0.15, 0.2) is 0 Å². The number of amides is 1.